The third-order valence-corrected chi connectivity index (χ3v) is 3.64. The van der Waals surface area contributed by atoms with E-state index in [4.69, 9.17) is 4.74 Å². The Labute approximate surface area is 127 Å². The largest absolute Gasteiger partial charge is 0.501 e. The highest BCUT2D eigenvalue weighted by Gasteiger charge is 2.28. The number of piperidine rings is 1. The number of ether oxygens (including phenoxy) is 1. The minimum Gasteiger partial charge on any atom is -0.501 e. The van der Waals surface area contributed by atoms with Crippen LogP contribution in [-0.4, -0.2) is 28.2 Å². The van der Waals surface area contributed by atoms with Gasteiger partial charge in [-0.3, -0.25) is 19.6 Å². The van der Waals surface area contributed by atoms with Gasteiger partial charge in [-0.05, 0) is 31.1 Å². The monoisotopic (exact) mass is 299 g/mol. The number of rotatable bonds is 4. The van der Waals surface area contributed by atoms with Crippen molar-refractivity contribution in [2.75, 3.05) is 6.61 Å². The summed E-state index contributed by atoms with van der Waals surface area (Å²) in [6, 6.07) is 5.34. The molecule has 3 rings (SSSR count). The third-order valence-electron chi connectivity index (χ3n) is 3.64. The second kappa shape index (κ2) is 6.01. The average molecular weight is 299 g/mol. The van der Waals surface area contributed by atoms with Crippen molar-refractivity contribution in [3.63, 3.8) is 0 Å². The van der Waals surface area contributed by atoms with E-state index in [1.807, 2.05) is 37.4 Å². The van der Waals surface area contributed by atoms with Crippen molar-refractivity contribution in [3.05, 3.63) is 36.2 Å². The number of hydrogen-bond donors (Lipinski definition) is 1. The van der Waals surface area contributed by atoms with Crippen LogP contribution in [0.5, 0.6) is 0 Å². The van der Waals surface area contributed by atoms with Gasteiger partial charge in [-0.2, -0.15) is 5.10 Å². The zero-order valence-electron chi connectivity index (χ0n) is 12.3. The summed E-state index contributed by atoms with van der Waals surface area (Å²) in [4.78, 5) is 23.2. The lowest BCUT2D eigenvalue weighted by Crippen LogP contribution is -2.41. The number of carbonyl (C=O) groups is 2. The molecular weight excluding hydrogens is 282 g/mol. The van der Waals surface area contributed by atoms with Crippen molar-refractivity contribution in [3.8, 4) is 0 Å². The molecule has 1 aromatic carbocycles. The SMILES string of the molecule is CCOC=Cc1cccc2nn(C3CCC(=O)NC3=O)cc12. The summed E-state index contributed by atoms with van der Waals surface area (Å²) >= 11 is 0. The number of imide groups is 1. The quantitative estimate of drug-likeness (QED) is 0.692. The summed E-state index contributed by atoms with van der Waals surface area (Å²) in [6.07, 6.45) is 6.19. The topological polar surface area (TPSA) is 73.2 Å². The summed E-state index contributed by atoms with van der Waals surface area (Å²) in [5, 5.41) is 7.77. The summed E-state index contributed by atoms with van der Waals surface area (Å²) in [7, 11) is 0. The van der Waals surface area contributed by atoms with Crippen molar-refractivity contribution >= 4 is 28.8 Å². The highest BCUT2D eigenvalue weighted by atomic mass is 16.5. The molecule has 0 radical (unpaired) electrons. The highest BCUT2D eigenvalue weighted by molar-refractivity contribution is 5.99. The fourth-order valence-electron chi connectivity index (χ4n) is 2.54. The second-order valence-corrected chi connectivity index (χ2v) is 5.11. The Morgan fingerprint density at radius 2 is 2.32 bits per heavy atom. The molecule has 6 heteroatoms. The lowest BCUT2D eigenvalue weighted by molar-refractivity contribution is -0.135. The van der Waals surface area contributed by atoms with Crippen molar-refractivity contribution in [2.24, 2.45) is 0 Å². The van der Waals surface area contributed by atoms with E-state index in [0.29, 0.717) is 19.4 Å². The molecule has 1 aromatic heterocycles. The van der Waals surface area contributed by atoms with Gasteiger partial charge in [-0.15, -0.1) is 0 Å². The zero-order chi connectivity index (χ0) is 15.5. The lowest BCUT2D eigenvalue weighted by atomic mass is 10.1. The Hall–Kier alpha value is -2.63. The van der Waals surface area contributed by atoms with E-state index in [0.717, 1.165) is 16.5 Å². The van der Waals surface area contributed by atoms with Crippen LogP contribution < -0.4 is 5.32 Å². The smallest absolute Gasteiger partial charge is 0.251 e. The molecule has 1 N–H and O–H groups in total. The van der Waals surface area contributed by atoms with Crippen LogP contribution in [0.3, 0.4) is 0 Å². The minimum atomic E-state index is -0.436. The zero-order valence-corrected chi connectivity index (χ0v) is 12.3. The fraction of sp³-hybridized carbons (Fsp3) is 0.312. The van der Waals surface area contributed by atoms with E-state index in [1.165, 1.54) is 0 Å². The number of fused-ring (bicyclic) bond motifs is 1. The van der Waals surface area contributed by atoms with Crippen molar-refractivity contribution < 1.29 is 14.3 Å². The van der Waals surface area contributed by atoms with E-state index >= 15 is 0 Å². The van der Waals surface area contributed by atoms with E-state index in [1.54, 1.807) is 10.9 Å². The Morgan fingerprint density at radius 3 is 3.09 bits per heavy atom. The molecule has 0 saturated carbocycles. The Bertz CT molecular complexity index is 748. The van der Waals surface area contributed by atoms with Crippen molar-refractivity contribution in [1.82, 2.24) is 15.1 Å². The molecule has 1 atom stereocenters. The maximum absolute atomic E-state index is 12.0. The molecule has 6 nitrogen and oxygen atoms in total. The van der Waals surface area contributed by atoms with Crippen LogP contribution in [-0.2, 0) is 14.3 Å². The normalized spacial score (nSPS) is 18.9. The van der Waals surface area contributed by atoms with Crippen LogP contribution in [0.2, 0.25) is 0 Å². The summed E-state index contributed by atoms with van der Waals surface area (Å²) in [5.41, 5.74) is 1.79. The summed E-state index contributed by atoms with van der Waals surface area (Å²) in [6.45, 7) is 2.54. The molecule has 0 spiro atoms. The molecular formula is C16H17N3O3. The minimum absolute atomic E-state index is 0.224. The number of carbonyl (C=O) groups excluding carboxylic acids is 2. The molecule has 22 heavy (non-hydrogen) atoms. The Balaban J connectivity index is 1.94. The first-order valence-electron chi connectivity index (χ1n) is 7.28. The Kier molecular flexibility index (Phi) is 3.91. The molecule has 1 saturated heterocycles. The molecule has 2 amide bonds. The molecule has 2 aromatic rings. The van der Waals surface area contributed by atoms with Gasteiger partial charge >= 0.3 is 0 Å². The van der Waals surface area contributed by atoms with Gasteiger partial charge in [0.25, 0.3) is 5.91 Å². The van der Waals surface area contributed by atoms with Gasteiger partial charge < -0.3 is 4.74 Å². The lowest BCUT2D eigenvalue weighted by Gasteiger charge is -2.20. The molecule has 1 fully saturated rings. The highest BCUT2D eigenvalue weighted by Crippen LogP contribution is 2.24. The molecule has 0 aliphatic carbocycles. The van der Waals surface area contributed by atoms with Crippen molar-refractivity contribution in [2.45, 2.75) is 25.8 Å². The number of hydrogen-bond acceptors (Lipinski definition) is 4. The predicted octanol–water partition coefficient (Wildman–Crippen LogP) is 2.02. The van der Waals surface area contributed by atoms with Crippen LogP contribution in [0.1, 0.15) is 31.4 Å². The van der Waals surface area contributed by atoms with Crippen LogP contribution in [0.15, 0.2) is 30.7 Å². The van der Waals surface area contributed by atoms with E-state index in [2.05, 4.69) is 10.4 Å². The molecule has 1 aliphatic rings. The van der Waals surface area contributed by atoms with E-state index < -0.39 is 6.04 Å². The number of aromatic nitrogens is 2. The number of nitrogens with one attached hydrogen (secondary N) is 1. The first kappa shape index (κ1) is 14.3. The van der Waals surface area contributed by atoms with Crippen LogP contribution in [0, 0.1) is 0 Å². The van der Waals surface area contributed by atoms with E-state index in [-0.39, 0.29) is 11.8 Å². The van der Waals surface area contributed by atoms with Gasteiger partial charge in [-0.1, -0.05) is 12.1 Å². The molecule has 2 heterocycles. The third kappa shape index (κ3) is 2.72. The average Bonchev–Trinajstić information content (AvgIpc) is 2.92. The van der Waals surface area contributed by atoms with Gasteiger partial charge in [0, 0.05) is 18.0 Å². The van der Waals surface area contributed by atoms with E-state index in [9.17, 15) is 9.59 Å². The van der Waals surface area contributed by atoms with Gasteiger partial charge in [0.1, 0.15) is 6.04 Å². The van der Waals surface area contributed by atoms with Gasteiger partial charge in [0.05, 0.1) is 18.4 Å². The second-order valence-electron chi connectivity index (χ2n) is 5.11. The molecule has 1 unspecified atom stereocenters. The fourth-order valence-corrected chi connectivity index (χ4v) is 2.54. The van der Waals surface area contributed by atoms with Gasteiger partial charge in [0.2, 0.25) is 5.91 Å². The van der Waals surface area contributed by atoms with Gasteiger partial charge in [-0.25, -0.2) is 0 Å². The predicted molar refractivity (Wildman–Crippen MR) is 81.8 cm³/mol. The maximum atomic E-state index is 12.0. The first-order chi connectivity index (χ1) is 10.7. The molecule has 114 valence electrons. The Morgan fingerprint density at radius 1 is 1.45 bits per heavy atom. The number of benzene rings is 1. The summed E-state index contributed by atoms with van der Waals surface area (Å²) in [5.74, 6) is -0.520. The first-order valence-corrected chi connectivity index (χ1v) is 7.28. The maximum Gasteiger partial charge on any atom is 0.251 e. The molecule has 0 bridgehead atoms. The summed E-state index contributed by atoms with van der Waals surface area (Å²) < 4.78 is 6.87. The van der Waals surface area contributed by atoms with Gasteiger partial charge in [0.15, 0.2) is 0 Å². The molecule has 1 aliphatic heterocycles. The van der Waals surface area contributed by atoms with Crippen LogP contribution >= 0.6 is 0 Å². The van der Waals surface area contributed by atoms with Crippen LogP contribution in [0.4, 0.5) is 0 Å². The van der Waals surface area contributed by atoms with Crippen LogP contribution in [0.25, 0.3) is 17.0 Å². The number of amides is 2. The number of nitrogens with zero attached hydrogens (tertiary/aromatic N) is 2. The standard InChI is InChI=1S/C16H17N3O3/c1-2-22-9-8-11-4-3-5-13-12(11)10-19(18-13)14-6-7-15(20)17-16(14)21/h3-5,8-10,14H,2,6-7H2,1H3,(H,17,20,21). The van der Waals surface area contributed by atoms with Crippen molar-refractivity contribution in [1.29, 1.82) is 0 Å².